The minimum absolute atomic E-state index is 0.0627. The Balaban J connectivity index is 2.13. The number of nitrogens with zero attached hydrogens (tertiary/aromatic N) is 1. The Kier molecular flexibility index (Phi) is 4.22. The number of thiophene rings is 1. The molecule has 2 aromatic heterocycles. The van der Waals surface area contributed by atoms with Crippen molar-refractivity contribution < 1.29 is 9.21 Å². The van der Waals surface area contributed by atoms with E-state index < -0.39 is 0 Å². The van der Waals surface area contributed by atoms with E-state index in [0.29, 0.717) is 21.9 Å². The van der Waals surface area contributed by atoms with E-state index in [4.69, 9.17) is 4.42 Å². The van der Waals surface area contributed by atoms with Crippen molar-refractivity contribution in [3.8, 4) is 11.1 Å². The van der Waals surface area contributed by atoms with Crippen LogP contribution >= 0.6 is 11.3 Å². The van der Waals surface area contributed by atoms with Gasteiger partial charge in [-0.05, 0) is 23.8 Å². The fourth-order valence-electron chi connectivity index (χ4n) is 2.31. The number of amides is 1. The third-order valence-electron chi connectivity index (χ3n) is 3.50. The first kappa shape index (κ1) is 16.0. The highest BCUT2D eigenvalue weighted by Crippen LogP contribution is 2.35. The average Bonchev–Trinajstić information content (AvgIpc) is 2.99. The molecule has 122 valence electrons. The smallest absolute Gasteiger partial charge is 0.247 e. The van der Waals surface area contributed by atoms with E-state index in [0.717, 1.165) is 11.1 Å². The van der Waals surface area contributed by atoms with Gasteiger partial charge >= 0.3 is 0 Å². The van der Waals surface area contributed by atoms with Crippen LogP contribution in [0.25, 0.3) is 21.4 Å². The lowest BCUT2D eigenvalue weighted by atomic mass is 10.1. The van der Waals surface area contributed by atoms with E-state index in [2.05, 4.69) is 11.9 Å². The standard InChI is InChI=1S/C18H16N2O3S/c1-4-15(22)19-12-7-5-6-11(8-12)13-10-24-18-14(21)9-16(20(2)3)23-17(13)18/h4-10H,1H2,2-3H3,(H,19,22). The second-order valence-corrected chi connectivity index (χ2v) is 6.30. The Morgan fingerprint density at radius 3 is 2.83 bits per heavy atom. The lowest BCUT2D eigenvalue weighted by molar-refractivity contribution is -0.111. The van der Waals surface area contributed by atoms with Crippen LogP contribution in [0, 0.1) is 0 Å². The molecule has 5 nitrogen and oxygen atoms in total. The Bertz CT molecular complexity index is 985. The van der Waals surface area contributed by atoms with Crippen LogP contribution in [0.3, 0.4) is 0 Å². The number of carbonyl (C=O) groups is 1. The van der Waals surface area contributed by atoms with Crippen molar-refractivity contribution in [3.63, 3.8) is 0 Å². The molecule has 0 aliphatic rings. The van der Waals surface area contributed by atoms with Crippen LogP contribution in [0.2, 0.25) is 0 Å². The molecule has 0 saturated heterocycles. The van der Waals surface area contributed by atoms with Crippen LogP contribution in [-0.4, -0.2) is 20.0 Å². The number of fused-ring (bicyclic) bond motifs is 1. The SMILES string of the molecule is C=CC(=O)Nc1cccc(-c2csc3c(=O)cc(N(C)C)oc23)c1. The Morgan fingerprint density at radius 1 is 1.33 bits per heavy atom. The first-order chi connectivity index (χ1) is 11.5. The Labute approximate surface area is 142 Å². The molecule has 24 heavy (non-hydrogen) atoms. The maximum absolute atomic E-state index is 12.3. The Morgan fingerprint density at radius 2 is 2.12 bits per heavy atom. The number of carbonyl (C=O) groups excluding carboxylic acids is 1. The lowest BCUT2D eigenvalue weighted by Crippen LogP contribution is -2.11. The largest absolute Gasteiger partial charge is 0.439 e. The van der Waals surface area contributed by atoms with Gasteiger partial charge in [-0.15, -0.1) is 11.3 Å². The average molecular weight is 340 g/mol. The van der Waals surface area contributed by atoms with Gasteiger partial charge in [-0.25, -0.2) is 0 Å². The summed E-state index contributed by atoms with van der Waals surface area (Å²) in [5.41, 5.74) is 2.84. The van der Waals surface area contributed by atoms with Gasteiger partial charge in [0, 0.05) is 36.8 Å². The van der Waals surface area contributed by atoms with Crippen molar-refractivity contribution in [3.05, 3.63) is 58.6 Å². The summed E-state index contributed by atoms with van der Waals surface area (Å²) in [4.78, 5) is 25.5. The maximum Gasteiger partial charge on any atom is 0.247 e. The summed E-state index contributed by atoms with van der Waals surface area (Å²) in [7, 11) is 3.64. The molecular weight excluding hydrogens is 324 g/mol. The predicted molar refractivity (Wildman–Crippen MR) is 99.0 cm³/mol. The van der Waals surface area contributed by atoms with Gasteiger partial charge in [-0.2, -0.15) is 0 Å². The quantitative estimate of drug-likeness (QED) is 0.736. The number of benzene rings is 1. The van der Waals surface area contributed by atoms with Crippen molar-refractivity contribution in [2.75, 3.05) is 24.3 Å². The topological polar surface area (TPSA) is 62.6 Å². The zero-order chi connectivity index (χ0) is 17.3. The van der Waals surface area contributed by atoms with Gasteiger partial charge in [0.1, 0.15) is 4.70 Å². The number of nitrogens with one attached hydrogen (secondary N) is 1. The number of hydrogen-bond donors (Lipinski definition) is 1. The zero-order valence-electron chi connectivity index (χ0n) is 13.3. The van der Waals surface area contributed by atoms with E-state index in [1.807, 2.05) is 37.7 Å². The first-order valence-corrected chi connectivity index (χ1v) is 8.14. The summed E-state index contributed by atoms with van der Waals surface area (Å²) >= 11 is 1.35. The second kappa shape index (κ2) is 6.33. The molecule has 1 aromatic carbocycles. The van der Waals surface area contributed by atoms with Gasteiger partial charge in [0.05, 0.1) is 0 Å². The fraction of sp³-hybridized carbons (Fsp3) is 0.111. The first-order valence-electron chi connectivity index (χ1n) is 7.26. The molecule has 3 aromatic rings. The van der Waals surface area contributed by atoms with Crippen molar-refractivity contribution >= 4 is 39.1 Å². The summed E-state index contributed by atoms with van der Waals surface area (Å²) in [6.07, 6.45) is 1.22. The maximum atomic E-state index is 12.3. The van der Waals surface area contributed by atoms with Crippen LogP contribution in [0.5, 0.6) is 0 Å². The molecule has 0 aliphatic heterocycles. The molecule has 1 amide bonds. The van der Waals surface area contributed by atoms with Crippen LogP contribution in [0.1, 0.15) is 0 Å². The van der Waals surface area contributed by atoms with Gasteiger partial charge in [0.25, 0.3) is 0 Å². The van der Waals surface area contributed by atoms with E-state index >= 15 is 0 Å². The summed E-state index contributed by atoms with van der Waals surface area (Å²) in [6, 6.07) is 8.87. The van der Waals surface area contributed by atoms with Crippen LogP contribution in [0.4, 0.5) is 11.6 Å². The van der Waals surface area contributed by atoms with E-state index in [1.165, 1.54) is 23.5 Å². The predicted octanol–water partition coefficient (Wildman–Crippen LogP) is 3.71. The van der Waals surface area contributed by atoms with Crippen LogP contribution in [-0.2, 0) is 4.79 Å². The molecule has 0 atom stereocenters. The monoisotopic (exact) mass is 340 g/mol. The minimum Gasteiger partial charge on any atom is -0.439 e. The molecule has 2 heterocycles. The molecular formula is C18H16N2O3S. The summed E-state index contributed by atoms with van der Waals surface area (Å²) < 4.78 is 6.48. The van der Waals surface area contributed by atoms with Crippen LogP contribution in [0.15, 0.2) is 57.6 Å². The molecule has 0 bridgehead atoms. The summed E-state index contributed by atoms with van der Waals surface area (Å²) in [6.45, 7) is 3.44. The van der Waals surface area contributed by atoms with E-state index in [-0.39, 0.29) is 11.3 Å². The number of anilines is 2. The Hall–Kier alpha value is -2.86. The zero-order valence-corrected chi connectivity index (χ0v) is 14.1. The molecule has 6 heteroatoms. The third-order valence-corrected chi connectivity index (χ3v) is 4.47. The minimum atomic E-state index is -0.274. The third kappa shape index (κ3) is 2.96. The van der Waals surface area contributed by atoms with Crippen molar-refractivity contribution in [2.45, 2.75) is 0 Å². The molecule has 1 N–H and O–H groups in total. The highest BCUT2D eigenvalue weighted by Gasteiger charge is 2.14. The normalized spacial score (nSPS) is 10.6. The molecule has 0 saturated carbocycles. The van der Waals surface area contributed by atoms with Crippen molar-refractivity contribution in [2.24, 2.45) is 0 Å². The summed E-state index contributed by atoms with van der Waals surface area (Å²) in [5, 5.41) is 4.62. The molecule has 0 spiro atoms. The van der Waals surface area contributed by atoms with E-state index in [9.17, 15) is 9.59 Å². The highest BCUT2D eigenvalue weighted by atomic mass is 32.1. The molecule has 0 aliphatic carbocycles. The highest BCUT2D eigenvalue weighted by molar-refractivity contribution is 7.17. The fourth-order valence-corrected chi connectivity index (χ4v) is 3.22. The van der Waals surface area contributed by atoms with Gasteiger partial charge in [0.15, 0.2) is 11.5 Å². The van der Waals surface area contributed by atoms with E-state index in [1.54, 1.807) is 11.0 Å². The van der Waals surface area contributed by atoms with Gasteiger partial charge in [-0.3, -0.25) is 9.59 Å². The molecule has 0 radical (unpaired) electrons. The number of rotatable bonds is 4. The van der Waals surface area contributed by atoms with Crippen LogP contribution < -0.4 is 15.6 Å². The van der Waals surface area contributed by atoms with Gasteiger partial charge in [0.2, 0.25) is 11.3 Å². The van der Waals surface area contributed by atoms with Crippen molar-refractivity contribution in [1.82, 2.24) is 0 Å². The molecule has 3 rings (SSSR count). The number of hydrogen-bond acceptors (Lipinski definition) is 5. The van der Waals surface area contributed by atoms with Gasteiger partial charge in [-0.1, -0.05) is 18.7 Å². The lowest BCUT2D eigenvalue weighted by Gasteiger charge is -2.10. The second-order valence-electron chi connectivity index (χ2n) is 5.43. The summed E-state index contributed by atoms with van der Waals surface area (Å²) in [5.74, 6) is 0.229. The molecule has 0 unspecified atom stereocenters. The van der Waals surface area contributed by atoms with Gasteiger partial charge < -0.3 is 14.6 Å². The van der Waals surface area contributed by atoms with Crippen molar-refractivity contribution in [1.29, 1.82) is 0 Å². The molecule has 0 fully saturated rings.